The summed E-state index contributed by atoms with van der Waals surface area (Å²) in [5, 5.41) is 11.3. The monoisotopic (exact) mass is 301 g/mol. The van der Waals surface area contributed by atoms with Gasteiger partial charge >= 0.3 is 0 Å². The SMILES string of the molecule is NC(=O)c1ccc(NC(=O)CN(CCO)CC(F)F)cc1. The predicted molar refractivity (Wildman–Crippen MR) is 73.1 cm³/mol. The second-order valence-corrected chi connectivity index (χ2v) is 4.34. The van der Waals surface area contributed by atoms with Gasteiger partial charge in [-0.2, -0.15) is 0 Å². The lowest BCUT2D eigenvalue weighted by Gasteiger charge is -2.20. The number of hydrogen-bond donors (Lipinski definition) is 3. The Morgan fingerprint density at radius 3 is 2.38 bits per heavy atom. The molecule has 0 aliphatic carbocycles. The zero-order valence-corrected chi connectivity index (χ0v) is 11.3. The van der Waals surface area contributed by atoms with Crippen LogP contribution in [0.2, 0.25) is 0 Å². The Hall–Kier alpha value is -2.06. The number of carbonyl (C=O) groups is 2. The van der Waals surface area contributed by atoms with Crippen LogP contribution in [0.1, 0.15) is 10.4 Å². The van der Waals surface area contributed by atoms with Crippen LogP contribution in [-0.2, 0) is 4.79 Å². The van der Waals surface area contributed by atoms with Crippen molar-refractivity contribution in [3.05, 3.63) is 29.8 Å². The molecule has 116 valence electrons. The molecule has 1 aromatic rings. The molecule has 0 heterocycles. The number of benzene rings is 1. The summed E-state index contributed by atoms with van der Waals surface area (Å²) in [5.74, 6) is -1.07. The maximum atomic E-state index is 12.3. The van der Waals surface area contributed by atoms with E-state index in [0.29, 0.717) is 11.3 Å². The van der Waals surface area contributed by atoms with Gasteiger partial charge in [0.2, 0.25) is 11.8 Å². The number of hydrogen-bond acceptors (Lipinski definition) is 4. The summed E-state index contributed by atoms with van der Waals surface area (Å²) in [6, 6.07) is 5.87. The van der Waals surface area contributed by atoms with E-state index in [-0.39, 0.29) is 19.7 Å². The van der Waals surface area contributed by atoms with Crippen molar-refractivity contribution in [2.75, 3.05) is 31.6 Å². The number of nitrogens with two attached hydrogens (primary N) is 1. The van der Waals surface area contributed by atoms with Crippen LogP contribution in [0.15, 0.2) is 24.3 Å². The van der Waals surface area contributed by atoms with E-state index in [1.165, 1.54) is 24.3 Å². The van der Waals surface area contributed by atoms with E-state index in [9.17, 15) is 18.4 Å². The van der Waals surface area contributed by atoms with Crippen molar-refractivity contribution >= 4 is 17.5 Å². The summed E-state index contributed by atoms with van der Waals surface area (Å²) in [7, 11) is 0. The van der Waals surface area contributed by atoms with Crippen LogP contribution in [0.25, 0.3) is 0 Å². The van der Waals surface area contributed by atoms with Crippen molar-refractivity contribution in [2.24, 2.45) is 5.73 Å². The van der Waals surface area contributed by atoms with Gasteiger partial charge in [0.25, 0.3) is 6.43 Å². The van der Waals surface area contributed by atoms with Crippen molar-refractivity contribution in [3.63, 3.8) is 0 Å². The number of rotatable bonds is 8. The van der Waals surface area contributed by atoms with Crippen LogP contribution >= 0.6 is 0 Å². The number of amides is 2. The minimum Gasteiger partial charge on any atom is -0.395 e. The first-order chi connectivity index (χ1) is 9.92. The molecule has 4 N–H and O–H groups in total. The van der Waals surface area contributed by atoms with Gasteiger partial charge in [-0.1, -0.05) is 0 Å². The van der Waals surface area contributed by atoms with Gasteiger partial charge in [0.1, 0.15) is 0 Å². The molecule has 2 amide bonds. The van der Waals surface area contributed by atoms with E-state index < -0.39 is 24.8 Å². The number of halogens is 2. The first kappa shape index (κ1) is 17.0. The summed E-state index contributed by atoms with van der Waals surface area (Å²) in [5.41, 5.74) is 5.80. The number of alkyl halides is 2. The van der Waals surface area contributed by atoms with Gasteiger partial charge in [-0.15, -0.1) is 0 Å². The quantitative estimate of drug-likeness (QED) is 0.643. The summed E-state index contributed by atoms with van der Waals surface area (Å²) >= 11 is 0. The van der Waals surface area contributed by atoms with Crippen molar-refractivity contribution in [1.29, 1.82) is 0 Å². The maximum absolute atomic E-state index is 12.3. The number of primary amides is 1. The Balaban J connectivity index is 2.56. The fourth-order valence-electron chi connectivity index (χ4n) is 1.69. The van der Waals surface area contributed by atoms with Gasteiger partial charge in [-0.3, -0.25) is 14.5 Å². The molecule has 0 unspecified atom stereocenters. The third kappa shape index (κ3) is 6.28. The molecule has 8 heteroatoms. The molecule has 1 aromatic carbocycles. The molecule has 6 nitrogen and oxygen atoms in total. The third-order valence-electron chi connectivity index (χ3n) is 2.63. The van der Waals surface area contributed by atoms with E-state index in [1.54, 1.807) is 0 Å². The third-order valence-corrected chi connectivity index (χ3v) is 2.63. The molecule has 0 bridgehead atoms. The molecular formula is C13H17F2N3O3. The molecule has 0 saturated carbocycles. The van der Waals surface area contributed by atoms with E-state index >= 15 is 0 Å². The van der Waals surface area contributed by atoms with Gasteiger partial charge in [-0.05, 0) is 24.3 Å². The Bertz CT molecular complexity index is 480. The van der Waals surface area contributed by atoms with Gasteiger partial charge in [0.15, 0.2) is 0 Å². The van der Waals surface area contributed by atoms with Crippen molar-refractivity contribution in [2.45, 2.75) is 6.43 Å². The Morgan fingerprint density at radius 1 is 1.29 bits per heavy atom. The summed E-state index contributed by atoms with van der Waals surface area (Å²) in [4.78, 5) is 23.8. The number of carbonyl (C=O) groups excluding carboxylic acids is 2. The largest absolute Gasteiger partial charge is 0.395 e. The fourth-order valence-corrected chi connectivity index (χ4v) is 1.69. The van der Waals surface area contributed by atoms with Gasteiger partial charge in [0, 0.05) is 17.8 Å². The zero-order valence-electron chi connectivity index (χ0n) is 11.3. The van der Waals surface area contributed by atoms with Gasteiger partial charge in [0.05, 0.1) is 19.7 Å². The lowest BCUT2D eigenvalue weighted by molar-refractivity contribution is -0.117. The van der Waals surface area contributed by atoms with Crippen LogP contribution in [0.3, 0.4) is 0 Å². The van der Waals surface area contributed by atoms with E-state index in [1.807, 2.05) is 0 Å². The van der Waals surface area contributed by atoms with Gasteiger partial charge < -0.3 is 16.2 Å². The molecule has 0 saturated heterocycles. The highest BCUT2D eigenvalue weighted by atomic mass is 19.3. The molecule has 0 aromatic heterocycles. The normalized spacial score (nSPS) is 10.9. The highest BCUT2D eigenvalue weighted by Crippen LogP contribution is 2.09. The fraction of sp³-hybridized carbons (Fsp3) is 0.385. The lowest BCUT2D eigenvalue weighted by Crippen LogP contribution is -2.38. The molecule has 0 aliphatic heterocycles. The maximum Gasteiger partial charge on any atom is 0.251 e. The van der Waals surface area contributed by atoms with E-state index in [0.717, 1.165) is 4.90 Å². The number of nitrogens with zero attached hydrogens (tertiary/aromatic N) is 1. The molecule has 0 fully saturated rings. The number of nitrogens with one attached hydrogen (secondary N) is 1. The molecule has 1 rings (SSSR count). The molecule has 0 radical (unpaired) electrons. The smallest absolute Gasteiger partial charge is 0.251 e. The van der Waals surface area contributed by atoms with E-state index in [2.05, 4.69) is 5.32 Å². The van der Waals surface area contributed by atoms with Crippen LogP contribution in [0, 0.1) is 0 Å². The first-order valence-electron chi connectivity index (χ1n) is 6.23. The molecule has 0 spiro atoms. The Morgan fingerprint density at radius 2 is 1.90 bits per heavy atom. The van der Waals surface area contributed by atoms with E-state index in [4.69, 9.17) is 10.8 Å². The van der Waals surface area contributed by atoms with Crippen LogP contribution in [-0.4, -0.2) is 54.5 Å². The Kier molecular flexibility index (Phi) is 6.70. The number of aliphatic hydroxyl groups is 1. The molecule has 0 aliphatic rings. The van der Waals surface area contributed by atoms with Crippen LogP contribution in [0.4, 0.5) is 14.5 Å². The molecule has 0 atom stereocenters. The average Bonchev–Trinajstić information content (AvgIpc) is 2.38. The van der Waals surface area contributed by atoms with Crippen molar-refractivity contribution < 1.29 is 23.5 Å². The summed E-state index contributed by atoms with van der Waals surface area (Å²) in [6.45, 7) is -1.18. The van der Waals surface area contributed by atoms with Crippen molar-refractivity contribution in [1.82, 2.24) is 4.90 Å². The number of anilines is 1. The second kappa shape index (κ2) is 8.28. The molecule has 21 heavy (non-hydrogen) atoms. The summed E-state index contributed by atoms with van der Waals surface area (Å²) in [6.07, 6.45) is -2.58. The Labute approximate surface area is 120 Å². The topological polar surface area (TPSA) is 95.7 Å². The highest BCUT2D eigenvalue weighted by Gasteiger charge is 2.15. The predicted octanol–water partition coefficient (Wildman–Crippen LogP) is 0.283. The highest BCUT2D eigenvalue weighted by molar-refractivity contribution is 5.95. The second-order valence-electron chi connectivity index (χ2n) is 4.34. The zero-order chi connectivity index (χ0) is 15.8. The van der Waals surface area contributed by atoms with Crippen molar-refractivity contribution in [3.8, 4) is 0 Å². The minimum atomic E-state index is -2.58. The lowest BCUT2D eigenvalue weighted by atomic mass is 10.2. The minimum absolute atomic E-state index is 0.0155. The molecular weight excluding hydrogens is 284 g/mol. The van der Waals surface area contributed by atoms with Crippen LogP contribution < -0.4 is 11.1 Å². The van der Waals surface area contributed by atoms with Gasteiger partial charge in [-0.25, -0.2) is 8.78 Å². The first-order valence-corrected chi connectivity index (χ1v) is 6.23. The van der Waals surface area contributed by atoms with Crippen LogP contribution in [0.5, 0.6) is 0 Å². The average molecular weight is 301 g/mol. The summed E-state index contributed by atoms with van der Waals surface area (Å²) < 4.78 is 24.6. The number of aliphatic hydroxyl groups excluding tert-OH is 1. The standard InChI is InChI=1S/C13H17F2N3O3/c14-11(15)7-18(5-6-19)8-12(20)17-10-3-1-9(2-4-10)13(16)21/h1-4,11,19H,5-8H2,(H2,16,21)(H,17,20).